The summed E-state index contributed by atoms with van der Waals surface area (Å²) in [6.07, 6.45) is 3.57. The van der Waals surface area contributed by atoms with Crippen molar-refractivity contribution in [2.45, 2.75) is 6.92 Å². The Kier molecular flexibility index (Phi) is 4.04. The molecule has 0 aliphatic carbocycles. The molecule has 0 aliphatic rings. The van der Waals surface area contributed by atoms with Crippen LogP contribution in [0.2, 0.25) is 0 Å². The molecule has 0 spiro atoms. The smallest absolute Gasteiger partial charge is 0.143 e. The van der Waals surface area contributed by atoms with Crippen molar-refractivity contribution >= 4 is 38.5 Å². The zero-order valence-corrected chi connectivity index (χ0v) is 13.2. The summed E-state index contributed by atoms with van der Waals surface area (Å²) in [4.78, 5) is 4.20. The van der Waals surface area contributed by atoms with Crippen molar-refractivity contribution in [3.63, 3.8) is 0 Å². The number of hydrogen-bond acceptors (Lipinski definition) is 2. The predicted molar refractivity (Wildman–Crippen MR) is 81.4 cm³/mol. The van der Waals surface area contributed by atoms with E-state index in [4.69, 9.17) is 4.74 Å². The van der Waals surface area contributed by atoms with Crippen LogP contribution in [0, 0.1) is 10.5 Å². The minimum atomic E-state index is 0.823. The van der Waals surface area contributed by atoms with E-state index in [0.29, 0.717) is 0 Å². The summed E-state index contributed by atoms with van der Waals surface area (Å²) in [5.74, 6) is 0.823. The van der Waals surface area contributed by atoms with Crippen LogP contribution in [0.25, 0.3) is 11.1 Å². The van der Waals surface area contributed by atoms with Gasteiger partial charge in [0.15, 0.2) is 0 Å². The molecule has 88 valence electrons. The fourth-order valence-electron chi connectivity index (χ4n) is 1.75. The Morgan fingerprint density at radius 2 is 2.00 bits per heavy atom. The number of aryl methyl sites for hydroxylation is 1. The number of halogens is 2. The molecule has 1 aromatic carbocycles. The van der Waals surface area contributed by atoms with Crippen LogP contribution in [-0.4, -0.2) is 12.1 Å². The maximum Gasteiger partial charge on any atom is 0.143 e. The zero-order chi connectivity index (χ0) is 12.4. The lowest BCUT2D eigenvalue weighted by atomic mass is 10.0. The van der Waals surface area contributed by atoms with E-state index in [0.717, 1.165) is 21.3 Å². The molecule has 4 heteroatoms. The Morgan fingerprint density at radius 3 is 2.65 bits per heavy atom. The molecule has 1 aromatic heterocycles. The first kappa shape index (κ1) is 12.8. The quantitative estimate of drug-likeness (QED) is 0.692. The SMILES string of the molecule is COc1c(Br)cncc1-c1ccc(I)cc1C. The van der Waals surface area contributed by atoms with Gasteiger partial charge in [-0.3, -0.25) is 4.98 Å². The number of hydrogen-bond donors (Lipinski definition) is 0. The summed E-state index contributed by atoms with van der Waals surface area (Å²) in [6.45, 7) is 2.10. The normalized spacial score (nSPS) is 10.4. The van der Waals surface area contributed by atoms with Crippen LogP contribution in [0.15, 0.2) is 35.1 Å². The number of aromatic nitrogens is 1. The second-order valence-electron chi connectivity index (χ2n) is 3.66. The Balaban J connectivity index is 2.64. The second kappa shape index (κ2) is 5.35. The highest BCUT2D eigenvalue weighted by Gasteiger charge is 2.11. The van der Waals surface area contributed by atoms with Crippen LogP contribution >= 0.6 is 38.5 Å². The van der Waals surface area contributed by atoms with Crippen molar-refractivity contribution in [3.05, 3.63) is 44.2 Å². The van der Waals surface area contributed by atoms with Gasteiger partial charge in [0.2, 0.25) is 0 Å². The van der Waals surface area contributed by atoms with Crippen molar-refractivity contribution < 1.29 is 4.74 Å². The fraction of sp³-hybridized carbons (Fsp3) is 0.154. The summed E-state index contributed by atoms with van der Waals surface area (Å²) in [7, 11) is 1.67. The molecule has 0 bridgehead atoms. The molecule has 0 radical (unpaired) electrons. The lowest BCUT2D eigenvalue weighted by molar-refractivity contribution is 0.413. The van der Waals surface area contributed by atoms with Gasteiger partial charge in [0.1, 0.15) is 5.75 Å². The van der Waals surface area contributed by atoms with E-state index in [-0.39, 0.29) is 0 Å². The first-order chi connectivity index (χ1) is 8.13. The summed E-state index contributed by atoms with van der Waals surface area (Å²) in [5.41, 5.74) is 3.38. The number of methoxy groups -OCH3 is 1. The molecule has 1 heterocycles. The number of benzene rings is 1. The Labute approximate surface area is 123 Å². The minimum Gasteiger partial charge on any atom is -0.495 e. The third-order valence-corrected chi connectivity index (χ3v) is 3.77. The van der Waals surface area contributed by atoms with Crippen LogP contribution in [0.4, 0.5) is 0 Å². The molecule has 0 amide bonds. The van der Waals surface area contributed by atoms with Gasteiger partial charge in [-0.25, -0.2) is 0 Å². The lowest BCUT2D eigenvalue weighted by Gasteiger charge is -2.12. The van der Waals surface area contributed by atoms with Gasteiger partial charge in [-0.2, -0.15) is 0 Å². The first-order valence-corrected chi connectivity index (χ1v) is 6.94. The molecule has 2 nitrogen and oxygen atoms in total. The van der Waals surface area contributed by atoms with Gasteiger partial charge in [0.05, 0.1) is 11.6 Å². The zero-order valence-electron chi connectivity index (χ0n) is 9.50. The first-order valence-electron chi connectivity index (χ1n) is 5.07. The van der Waals surface area contributed by atoms with E-state index < -0.39 is 0 Å². The maximum absolute atomic E-state index is 5.43. The molecule has 0 unspecified atom stereocenters. The van der Waals surface area contributed by atoms with E-state index in [1.807, 2.05) is 6.20 Å². The Bertz CT molecular complexity index is 557. The molecule has 2 aromatic rings. The molecule has 2 rings (SSSR count). The van der Waals surface area contributed by atoms with Crippen LogP contribution in [0.5, 0.6) is 5.75 Å². The van der Waals surface area contributed by atoms with Crippen LogP contribution < -0.4 is 4.74 Å². The summed E-state index contributed by atoms with van der Waals surface area (Å²) in [5, 5.41) is 0. The average molecular weight is 404 g/mol. The van der Waals surface area contributed by atoms with Gasteiger partial charge in [-0.05, 0) is 68.7 Å². The van der Waals surface area contributed by atoms with Gasteiger partial charge >= 0.3 is 0 Å². The molecule has 17 heavy (non-hydrogen) atoms. The molecule has 0 fully saturated rings. The largest absolute Gasteiger partial charge is 0.495 e. The van der Waals surface area contributed by atoms with Crippen molar-refractivity contribution in [1.82, 2.24) is 4.98 Å². The van der Waals surface area contributed by atoms with E-state index in [9.17, 15) is 0 Å². The predicted octanol–water partition coefficient (Wildman–Crippen LogP) is 4.43. The Hall–Kier alpha value is -0.620. The molecule has 0 N–H and O–H groups in total. The van der Waals surface area contributed by atoms with E-state index in [1.165, 1.54) is 9.13 Å². The highest BCUT2D eigenvalue weighted by molar-refractivity contribution is 14.1. The van der Waals surface area contributed by atoms with E-state index in [2.05, 4.69) is 68.6 Å². The number of pyridine rings is 1. The third-order valence-electron chi connectivity index (χ3n) is 2.54. The van der Waals surface area contributed by atoms with Crippen LogP contribution in [0.3, 0.4) is 0 Å². The number of ether oxygens (including phenoxy) is 1. The lowest BCUT2D eigenvalue weighted by Crippen LogP contribution is -1.92. The van der Waals surface area contributed by atoms with Crippen molar-refractivity contribution in [2.24, 2.45) is 0 Å². The van der Waals surface area contributed by atoms with Crippen molar-refractivity contribution in [1.29, 1.82) is 0 Å². The summed E-state index contributed by atoms with van der Waals surface area (Å²) >= 11 is 5.76. The van der Waals surface area contributed by atoms with E-state index >= 15 is 0 Å². The molecule has 0 atom stereocenters. The maximum atomic E-state index is 5.43. The summed E-state index contributed by atoms with van der Waals surface area (Å²) in [6, 6.07) is 6.34. The third kappa shape index (κ3) is 2.63. The van der Waals surface area contributed by atoms with Gasteiger partial charge in [-0.15, -0.1) is 0 Å². The monoisotopic (exact) mass is 403 g/mol. The van der Waals surface area contributed by atoms with Crippen LogP contribution in [-0.2, 0) is 0 Å². The average Bonchev–Trinajstić information content (AvgIpc) is 2.29. The van der Waals surface area contributed by atoms with Gasteiger partial charge < -0.3 is 4.74 Å². The number of rotatable bonds is 2. The Morgan fingerprint density at radius 1 is 1.24 bits per heavy atom. The van der Waals surface area contributed by atoms with Crippen LogP contribution in [0.1, 0.15) is 5.56 Å². The molecular formula is C13H11BrINO. The molecule has 0 saturated heterocycles. The highest BCUT2D eigenvalue weighted by atomic mass is 127. The van der Waals surface area contributed by atoms with E-state index in [1.54, 1.807) is 13.3 Å². The molecule has 0 saturated carbocycles. The van der Waals surface area contributed by atoms with Gasteiger partial charge in [-0.1, -0.05) is 6.07 Å². The minimum absolute atomic E-state index is 0.823. The molecule has 0 aliphatic heterocycles. The van der Waals surface area contributed by atoms with Crippen molar-refractivity contribution in [3.8, 4) is 16.9 Å². The van der Waals surface area contributed by atoms with Gasteiger partial charge in [0, 0.05) is 21.5 Å². The standard InChI is InChI=1S/C13H11BrINO/c1-8-5-9(15)3-4-10(8)11-6-16-7-12(14)13(11)17-2/h3-7H,1-2H3. The van der Waals surface area contributed by atoms with Gasteiger partial charge in [0.25, 0.3) is 0 Å². The second-order valence-corrected chi connectivity index (χ2v) is 5.76. The fourth-order valence-corrected chi connectivity index (χ4v) is 2.89. The number of nitrogens with zero attached hydrogens (tertiary/aromatic N) is 1. The summed E-state index contributed by atoms with van der Waals surface area (Å²) < 4.78 is 7.53. The topological polar surface area (TPSA) is 22.1 Å². The highest BCUT2D eigenvalue weighted by Crippen LogP contribution is 2.36. The molecular weight excluding hydrogens is 393 g/mol. The van der Waals surface area contributed by atoms with Crippen molar-refractivity contribution in [2.75, 3.05) is 7.11 Å².